The molecule has 2 heterocycles. The Morgan fingerprint density at radius 3 is 2.68 bits per heavy atom. The van der Waals surface area contributed by atoms with Gasteiger partial charge in [-0.3, -0.25) is 9.59 Å². The Balaban J connectivity index is 1.61. The van der Waals surface area contributed by atoms with Crippen LogP contribution in [-0.2, 0) is 16.1 Å². The van der Waals surface area contributed by atoms with Crippen molar-refractivity contribution >= 4 is 23.2 Å². The standard InChI is InChI=1S/C20H26N4O3S/c1-12-18(28-11-23-12)15-6-4-14(5-7-15)9-22-19(26)17-8-16(25)10-24(17)20(27)13(2)21-3/h4-7,11,13,16-17,21,25H,8-10H2,1-3H3,(H,22,26)/t13?,16-,17+/m1/s1. The summed E-state index contributed by atoms with van der Waals surface area (Å²) in [7, 11) is 1.70. The fourth-order valence-electron chi connectivity index (χ4n) is 3.34. The first-order valence-corrected chi connectivity index (χ1v) is 10.2. The molecule has 3 N–H and O–H groups in total. The van der Waals surface area contributed by atoms with Gasteiger partial charge in [-0.05, 0) is 32.0 Å². The number of rotatable bonds is 6. The normalized spacial score (nSPS) is 20.2. The molecule has 1 saturated heterocycles. The summed E-state index contributed by atoms with van der Waals surface area (Å²) in [6.07, 6.45) is -0.414. The molecule has 0 bridgehead atoms. The first kappa shape index (κ1) is 20.4. The van der Waals surface area contributed by atoms with Crippen molar-refractivity contribution in [2.24, 2.45) is 0 Å². The van der Waals surface area contributed by atoms with Gasteiger partial charge in [-0.2, -0.15) is 0 Å². The quantitative estimate of drug-likeness (QED) is 0.677. The number of hydrogen-bond acceptors (Lipinski definition) is 6. The molecule has 1 aliphatic heterocycles. The van der Waals surface area contributed by atoms with Gasteiger partial charge in [-0.1, -0.05) is 24.3 Å². The molecule has 3 rings (SSSR count). The predicted molar refractivity (Wildman–Crippen MR) is 109 cm³/mol. The summed E-state index contributed by atoms with van der Waals surface area (Å²) in [5.41, 5.74) is 4.91. The molecular weight excluding hydrogens is 376 g/mol. The molecule has 8 heteroatoms. The van der Waals surface area contributed by atoms with E-state index >= 15 is 0 Å². The molecule has 28 heavy (non-hydrogen) atoms. The number of aromatic nitrogens is 1. The third-order valence-corrected chi connectivity index (χ3v) is 6.07. The fraction of sp³-hybridized carbons (Fsp3) is 0.450. The molecule has 1 aromatic heterocycles. The van der Waals surface area contributed by atoms with E-state index in [0.717, 1.165) is 21.7 Å². The molecule has 1 unspecified atom stereocenters. The average Bonchev–Trinajstić information content (AvgIpc) is 3.30. The van der Waals surface area contributed by atoms with Crippen molar-refractivity contribution in [2.45, 2.75) is 45.0 Å². The zero-order chi connectivity index (χ0) is 20.3. The van der Waals surface area contributed by atoms with E-state index in [1.807, 2.05) is 36.7 Å². The number of nitrogens with one attached hydrogen (secondary N) is 2. The molecule has 2 aromatic rings. The molecule has 1 fully saturated rings. The maximum atomic E-state index is 12.6. The molecule has 0 spiro atoms. The minimum absolute atomic E-state index is 0.177. The van der Waals surface area contributed by atoms with Gasteiger partial charge in [0.15, 0.2) is 0 Å². The van der Waals surface area contributed by atoms with Crippen LogP contribution in [0.15, 0.2) is 29.8 Å². The minimum atomic E-state index is -0.675. The molecular formula is C20H26N4O3S. The number of benzene rings is 1. The van der Waals surface area contributed by atoms with Crippen LogP contribution in [-0.4, -0.2) is 58.6 Å². The molecule has 0 radical (unpaired) electrons. The van der Waals surface area contributed by atoms with Crippen LogP contribution in [0, 0.1) is 6.92 Å². The van der Waals surface area contributed by atoms with Crippen LogP contribution in [0.2, 0.25) is 0 Å². The summed E-state index contributed by atoms with van der Waals surface area (Å²) in [5.74, 6) is -0.418. The minimum Gasteiger partial charge on any atom is -0.391 e. The van der Waals surface area contributed by atoms with Crippen LogP contribution >= 0.6 is 11.3 Å². The third kappa shape index (κ3) is 4.40. The van der Waals surface area contributed by atoms with Gasteiger partial charge in [-0.25, -0.2) is 4.98 Å². The van der Waals surface area contributed by atoms with Crippen molar-refractivity contribution in [3.8, 4) is 10.4 Å². The lowest BCUT2D eigenvalue weighted by molar-refractivity contribution is -0.139. The maximum Gasteiger partial charge on any atom is 0.243 e. The highest BCUT2D eigenvalue weighted by atomic mass is 32.1. The van der Waals surface area contributed by atoms with Crippen LogP contribution in [0.1, 0.15) is 24.6 Å². The molecule has 1 aliphatic rings. The monoisotopic (exact) mass is 402 g/mol. The second kappa shape index (κ2) is 8.81. The van der Waals surface area contributed by atoms with E-state index in [1.165, 1.54) is 4.90 Å². The van der Waals surface area contributed by atoms with E-state index in [4.69, 9.17) is 0 Å². The first-order valence-electron chi connectivity index (χ1n) is 9.33. The zero-order valence-corrected chi connectivity index (χ0v) is 17.1. The van der Waals surface area contributed by atoms with E-state index in [9.17, 15) is 14.7 Å². The van der Waals surface area contributed by atoms with E-state index in [0.29, 0.717) is 6.54 Å². The van der Waals surface area contributed by atoms with Crippen LogP contribution in [0.25, 0.3) is 10.4 Å². The van der Waals surface area contributed by atoms with Gasteiger partial charge in [0, 0.05) is 19.5 Å². The lowest BCUT2D eigenvalue weighted by atomic mass is 10.1. The van der Waals surface area contributed by atoms with Gasteiger partial charge in [0.25, 0.3) is 0 Å². The predicted octanol–water partition coefficient (Wildman–Crippen LogP) is 1.30. The largest absolute Gasteiger partial charge is 0.391 e. The highest BCUT2D eigenvalue weighted by Crippen LogP contribution is 2.27. The molecule has 150 valence electrons. The van der Waals surface area contributed by atoms with Gasteiger partial charge in [0.1, 0.15) is 6.04 Å². The number of thiazole rings is 1. The van der Waals surface area contributed by atoms with Gasteiger partial charge in [0.2, 0.25) is 11.8 Å². The van der Waals surface area contributed by atoms with E-state index in [1.54, 1.807) is 25.3 Å². The number of amides is 2. The summed E-state index contributed by atoms with van der Waals surface area (Å²) < 4.78 is 0. The Kier molecular flexibility index (Phi) is 6.43. The van der Waals surface area contributed by atoms with Crippen LogP contribution in [0.4, 0.5) is 0 Å². The second-order valence-corrected chi connectivity index (χ2v) is 7.94. The Morgan fingerprint density at radius 1 is 1.36 bits per heavy atom. The molecule has 7 nitrogen and oxygen atoms in total. The topological polar surface area (TPSA) is 94.6 Å². The number of β-amino-alcohol motifs (C(OH)–C–C–N with tert-alkyl or cyclic N) is 1. The third-order valence-electron chi connectivity index (χ3n) is 5.10. The zero-order valence-electron chi connectivity index (χ0n) is 16.3. The highest BCUT2D eigenvalue weighted by molar-refractivity contribution is 7.13. The highest BCUT2D eigenvalue weighted by Gasteiger charge is 2.39. The van der Waals surface area contributed by atoms with E-state index < -0.39 is 18.2 Å². The Morgan fingerprint density at radius 2 is 2.07 bits per heavy atom. The molecule has 2 amide bonds. The van der Waals surface area contributed by atoms with Gasteiger partial charge in [-0.15, -0.1) is 11.3 Å². The van der Waals surface area contributed by atoms with Gasteiger partial charge < -0.3 is 20.6 Å². The SMILES string of the molecule is CNC(C)C(=O)N1C[C@H](O)C[C@H]1C(=O)NCc1ccc(-c2scnc2C)cc1. The smallest absolute Gasteiger partial charge is 0.243 e. The lowest BCUT2D eigenvalue weighted by Gasteiger charge is -2.26. The number of likely N-dealkylation sites (N-methyl/N-ethyl adjacent to an activating group) is 1. The first-order chi connectivity index (χ1) is 13.4. The summed E-state index contributed by atoms with van der Waals surface area (Å²) >= 11 is 1.60. The maximum absolute atomic E-state index is 12.6. The van der Waals surface area contributed by atoms with E-state index in [2.05, 4.69) is 15.6 Å². The second-order valence-electron chi connectivity index (χ2n) is 7.09. The summed E-state index contributed by atoms with van der Waals surface area (Å²) in [5, 5.41) is 15.7. The summed E-state index contributed by atoms with van der Waals surface area (Å²) in [6.45, 7) is 4.29. The van der Waals surface area contributed by atoms with Crippen molar-refractivity contribution in [1.82, 2.24) is 20.5 Å². The Hall–Kier alpha value is -2.29. The number of carbonyl (C=O) groups is 2. The molecule has 0 saturated carbocycles. The van der Waals surface area contributed by atoms with Crippen LogP contribution in [0.5, 0.6) is 0 Å². The van der Waals surface area contributed by atoms with Crippen molar-refractivity contribution in [1.29, 1.82) is 0 Å². The molecule has 1 aromatic carbocycles. The van der Waals surface area contributed by atoms with E-state index in [-0.39, 0.29) is 24.8 Å². The van der Waals surface area contributed by atoms with Crippen molar-refractivity contribution in [2.75, 3.05) is 13.6 Å². The summed E-state index contributed by atoms with van der Waals surface area (Å²) in [4.78, 5) is 32.0. The number of hydrogen-bond donors (Lipinski definition) is 3. The van der Waals surface area contributed by atoms with Crippen LogP contribution < -0.4 is 10.6 Å². The Bertz CT molecular complexity index is 836. The lowest BCUT2D eigenvalue weighted by Crippen LogP contribution is -2.51. The van der Waals surface area contributed by atoms with Crippen molar-refractivity contribution in [3.05, 3.63) is 41.0 Å². The number of aryl methyl sites for hydroxylation is 1. The molecule has 3 atom stereocenters. The van der Waals surface area contributed by atoms with Gasteiger partial charge >= 0.3 is 0 Å². The van der Waals surface area contributed by atoms with Crippen molar-refractivity contribution < 1.29 is 14.7 Å². The summed E-state index contributed by atoms with van der Waals surface area (Å²) in [6, 6.07) is 6.95. The van der Waals surface area contributed by atoms with Crippen molar-refractivity contribution in [3.63, 3.8) is 0 Å². The van der Waals surface area contributed by atoms with Crippen LogP contribution in [0.3, 0.4) is 0 Å². The fourth-order valence-corrected chi connectivity index (χ4v) is 4.15. The molecule has 0 aliphatic carbocycles. The Labute approximate surface area is 168 Å². The number of carbonyl (C=O) groups excluding carboxylic acids is 2. The number of aliphatic hydroxyl groups excluding tert-OH is 1. The number of aliphatic hydroxyl groups is 1. The van der Waals surface area contributed by atoms with Gasteiger partial charge in [0.05, 0.1) is 28.2 Å². The number of nitrogens with zero attached hydrogens (tertiary/aromatic N) is 2. The number of likely N-dealkylation sites (tertiary alicyclic amines) is 1. The average molecular weight is 403 g/mol.